The number of aromatic nitrogens is 4. The first-order valence-corrected chi connectivity index (χ1v) is 11.6. The van der Waals surface area contributed by atoms with Gasteiger partial charge >= 0.3 is 0 Å². The maximum Gasteiger partial charge on any atom is 0.274 e. The zero-order valence-corrected chi connectivity index (χ0v) is 19.8. The van der Waals surface area contributed by atoms with Gasteiger partial charge in [0.1, 0.15) is 5.82 Å². The number of benzene rings is 2. The summed E-state index contributed by atoms with van der Waals surface area (Å²) in [5.41, 5.74) is 5.54. The highest BCUT2D eigenvalue weighted by Gasteiger charge is 2.27. The van der Waals surface area contributed by atoms with Gasteiger partial charge in [0.2, 0.25) is 0 Å². The molecule has 5 rings (SSSR count). The van der Waals surface area contributed by atoms with Gasteiger partial charge in [-0.05, 0) is 56.9 Å². The second-order valence-electron chi connectivity index (χ2n) is 8.28. The molecule has 1 aliphatic carbocycles. The van der Waals surface area contributed by atoms with Crippen LogP contribution in [0.5, 0.6) is 0 Å². The van der Waals surface area contributed by atoms with Gasteiger partial charge in [0.15, 0.2) is 5.69 Å². The van der Waals surface area contributed by atoms with E-state index in [0.717, 1.165) is 63.7 Å². The molecule has 4 aromatic rings. The van der Waals surface area contributed by atoms with Gasteiger partial charge in [-0.1, -0.05) is 40.2 Å². The van der Waals surface area contributed by atoms with Crippen molar-refractivity contribution in [2.45, 2.75) is 39.2 Å². The van der Waals surface area contributed by atoms with Crippen LogP contribution in [0, 0.1) is 6.92 Å². The Balaban J connectivity index is 1.48. The fourth-order valence-electron chi connectivity index (χ4n) is 4.42. The number of halogens is 1. The van der Waals surface area contributed by atoms with Crippen molar-refractivity contribution < 1.29 is 4.79 Å². The molecule has 0 radical (unpaired) electrons. The highest BCUT2D eigenvalue weighted by Crippen LogP contribution is 2.28. The Hall–Kier alpha value is -3.06. The van der Waals surface area contributed by atoms with Crippen LogP contribution >= 0.6 is 15.9 Å². The molecule has 0 fully saturated rings. The summed E-state index contributed by atoms with van der Waals surface area (Å²) < 4.78 is 2.93. The fraction of sp³-hybridized carbons (Fsp3) is 0.280. The molecule has 0 saturated carbocycles. The number of amides is 1. The van der Waals surface area contributed by atoms with Crippen LogP contribution in [0.15, 0.2) is 53.0 Å². The van der Waals surface area contributed by atoms with Crippen molar-refractivity contribution in [3.8, 4) is 5.69 Å². The van der Waals surface area contributed by atoms with Gasteiger partial charge in [-0.25, -0.2) is 14.6 Å². The van der Waals surface area contributed by atoms with Gasteiger partial charge in [-0.3, -0.25) is 4.79 Å². The Morgan fingerprint density at radius 2 is 1.91 bits per heavy atom. The quantitative estimate of drug-likeness (QED) is 0.402. The first kappa shape index (κ1) is 20.8. The number of carbonyl (C=O) groups is 1. The summed E-state index contributed by atoms with van der Waals surface area (Å²) in [4.78, 5) is 24.4. The third-order valence-corrected chi connectivity index (χ3v) is 6.49. The van der Waals surface area contributed by atoms with E-state index >= 15 is 0 Å². The van der Waals surface area contributed by atoms with Crippen LogP contribution in [0.1, 0.15) is 46.1 Å². The Kier molecular flexibility index (Phi) is 5.51. The third kappa shape index (κ3) is 3.81. The Morgan fingerprint density at radius 1 is 1.09 bits per heavy atom. The summed E-state index contributed by atoms with van der Waals surface area (Å²) >= 11 is 3.54. The maximum absolute atomic E-state index is 13.5. The van der Waals surface area contributed by atoms with Crippen LogP contribution in [-0.4, -0.2) is 37.6 Å². The number of hydrogen-bond donors (Lipinski definition) is 0. The number of para-hydroxylation sites is 1. The minimum Gasteiger partial charge on any atom is -0.333 e. The van der Waals surface area contributed by atoms with Gasteiger partial charge in [-0.15, -0.1) is 0 Å². The van der Waals surface area contributed by atoms with E-state index in [1.807, 2.05) is 60.1 Å². The molecule has 7 heteroatoms. The number of aryl methyl sites for hydroxylation is 1. The first-order valence-electron chi connectivity index (χ1n) is 10.9. The number of fused-ring (bicyclic) bond motifs is 2. The predicted molar refractivity (Wildman–Crippen MR) is 128 cm³/mol. The molecule has 2 aromatic heterocycles. The number of rotatable bonds is 4. The van der Waals surface area contributed by atoms with Crippen LogP contribution in [0.25, 0.3) is 16.6 Å². The lowest BCUT2D eigenvalue weighted by Gasteiger charge is -2.17. The van der Waals surface area contributed by atoms with Crippen LogP contribution in [-0.2, 0) is 19.4 Å². The van der Waals surface area contributed by atoms with Crippen molar-refractivity contribution >= 4 is 32.7 Å². The number of hydrogen-bond acceptors (Lipinski definition) is 4. The molecule has 1 amide bonds. The Bertz CT molecular complexity index is 1330. The standard InChI is InChI=1S/C25H24BrN5O/c1-16-19-10-3-5-12-21(19)28-23(27-16)15-30(2)25(32)24-20-11-4-6-13-22(20)31(29-24)18-9-7-8-17(26)14-18/h3,5,7-10,12,14H,4,6,11,13,15H2,1-2H3. The van der Waals surface area contributed by atoms with E-state index in [1.165, 1.54) is 0 Å². The molecular formula is C25H24BrN5O. The Morgan fingerprint density at radius 3 is 2.75 bits per heavy atom. The van der Waals surface area contributed by atoms with Gasteiger partial charge in [0.25, 0.3) is 5.91 Å². The summed E-state index contributed by atoms with van der Waals surface area (Å²) in [5.74, 6) is 0.545. The van der Waals surface area contributed by atoms with E-state index in [0.29, 0.717) is 18.1 Å². The topological polar surface area (TPSA) is 63.9 Å². The van der Waals surface area contributed by atoms with E-state index in [2.05, 4.69) is 25.9 Å². The molecule has 0 N–H and O–H groups in total. The lowest BCUT2D eigenvalue weighted by Crippen LogP contribution is -2.28. The van der Waals surface area contributed by atoms with E-state index in [-0.39, 0.29) is 5.91 Å². The second kappa shape index (κ2) is 8.47. The van der Waals surface area contributed by atoms with Gasteiger partial charge in [0, 0.05) is 33.9 Å². The molecule has 0 unspecified atom stereocenters. The molecular weight excluding hydrogens is 466 g/mol. The molecule has 0 spiro atoms. The summed E-state index contributed by atoms with van der Waals surface area (Å²) in [7, 11) is 1.80. The molecule has 32 heavy (non-hydrogen) atoms. The lowest BCUT2D eigenvalue weighted by molar-refractivity contribution is 0.0774. The highest BCUT2D eigenvalue weighted by atomic mass is 79.9. The Labute approximate surface area is 195 Å². The van der Waals surface area contributed by atoms with E-state index in [9.17, 15) is 4.79 Å². The average Bonchev–Trinajstić information content (AvgIpc) is 3.18. The van der Waals surface area contributed by atoms with E-state index in [1.54, 1.807) is 11.9 Å². The zero-order chi connectivity index (χ0) is 22.2. The summed E-state index contributed by atoms with van der Waals surface area (Å²) in [5, 5.41) is 5.83. The molecule has 162 valence electrons. The van der Waals surface area contributed by atoms with Crippen LogP contribution < -0.4 is 0 Å². The monoisotopic (exact) mass is 489 g/mol. The predicted octanol–water partition coefficient (Wildman–Crippen LogP) is 5.04. The lowest BCUT2D eigenvalue weighted by atomic mass is 9.95. The highest BCUT2D eigenvalue weighted by molar-refractivity contribution is 9.10. The van der Waals surface area contributed by atoms with Crippen LogP contribution in [0.2, 0.25) is 0 Å². The summed E-state index contributed by atoms with van der Waals surface area (Å²) in [6.07, 6.45) is 4.00. The van der Waals surface area contributed by atoms with Gasteiger partial charge in [0.05, 0.1) is 17.7 Å². The number of nitrogens with zero attached hydrogens (tertiary/aromatic N) is 5. The minimum absolute atomic E-state index is 0.0914. The van der Waals surface area contributed by atoms with Crippen molar-refractivity contribution in [1.29, 1.82) is 0 Å². The van der Waals surface area contributed by atoms with E-state index < -0.39 is 0 Å². The van der Waals surface area contributed by atoms with Gasteiger partial charge < -0.3 is 4.90 Å². The minimum atomic E-state index is -0.0914. The largest absolute Gasteiger partial charge is 0.333 e. The molecule has 0 atom stereocenters. The maximum atomic E-state index is 13.5. The molecule has 2 heterocycles. The smallest absolute Gasteiger partial charge is 0.274 e. The summed E-state index contributed by atoms with van der Waals surface area (Å²) in [6, 6.07) is 16.0. The van der Waals surface area contributed by atoms with Gasteiger partial charge in [-0.2, -0.15) is 5.10 Å². The van der Waals surface area contributed by atoms with Crippen molar-refractivity contribution in [2.75, 3.05) is 7.05 Å². The molecule has 6 nitrogen and oxygen atoms in total. The molecule has 0 saturated heterocycles. The first-order chi connectivity index (χ1) is 15.5. The third-order valence-electron chi connectivity index (χ3n) is 6.00. The molecule has 2 aromatic carbocycles. The molecule has 0 bridgehead atoms. The number of carbonyl (C=O) groups excluding carboxylic acids is 1. The van der Waals surface area contributed by atoms with Crippen molar-refractivity contribution in [1.82, 2.24) is 24.6 Å². The second-order valence-corrected chi connectivity index (χ2v) is 9.19. The normalized spacial score (nSPS) is 13.2. The van der Waals surface area contributed by atoms with Crippen molar-refractivity contribution in [3.63, 3.8) is 0 Å². The zero-order valence-electron chi connectivity index (χ0n) is 18.2. The van der Waals surface area contributed by atoms with Crippen molar-refractivity contribution in [3.05, 3.63) is 81.5 Å². The van der Waals surface area contributed by atoms with Crippen LogP contribution in [0.4, 0.5) is 0 Å². The molecule has 1 aliphatic rings. The van der Waals surface area contributed by atoms with Crippen LogP contribution in [0.3, 0.4) is 0 Å². The molecule has 0 aliphatic heterocycles. The summed E-state index contributed by atoms with van der Waals surface area (Å²) in [6.45, 7) is 2.31. The SMILES string of the molecule is Cc1nc(CN(C)C(=O)c2nn(-c3cccc(Br)c3)c3c2CCCC3)nc2ccccc12. The average molecular weight is 490 g/mol. The van der Waals surface area contributed by atoms with Crippen molar-refractivity contribution in [2.24, 2.45) is 0 Å². The fourth-order valence-corrected chi connectivity index (χ4v) is 4.81. The van der Waals surface area contributed by atoms with E-state index in [4.69, 9.17) is 5.10 Å².